The maximum Gasteiger partial charge on any atom is 0.278 e. The molecule has 0 fully saturated rings. The van der Waals surface area contributed by atoms with Crippen molar-refractivity contribution in [2.24, 2.45) is 0 Å². The molecule has 2 aromatic heterocycles. The molecule has 0 bridgehead atoms. The van der Waals surface area contributed by atoms with E-state index in [-0.39, 0.29) is 5.56 Å². The highest BCUT2D eigenvalue weighted by Gasteiger charge is 2.20. The third-order valence-electron chi connectivity index (χ3n) is 3.09. The highest BCUT2D eigenvalue weighted by molar-refractivity contribution is 7.15. The van der Waals surface area contributed by atoms with E-state index >= 15 is 0 Å². The van der Waals surface area contributed by atoms with Crippen LogP contribution in [0.15, 0.2) is 29.1 Å². The fraction of sp³-hybridized carbons (Fsp3) is 0.231. The molecule has 0 aliphatic carbocycles. The molecule has 1 amide bonds. The Kier molecular flexibility index (Phi) is 3.63. The summed E-state index contributed by atoms with van der Waals surface area (Å²) in [4.78, 5) is 24.6. The standard InChI is InChI=1S/C13H12N6O2S/c1-7(11(20)14-13-17-15-8(2)22-13)19-12(21)9-5-3-4-6-10(9)16-18-19/h3-7H,1-2H3,(H,14,17,20). The first-order chi connectivity index (χ1) is 10.6. The van der Waals surface area contributed by atoms with Crippen molar-refractivity contribution in [2.45, 2.75) is 19.9 Å². The van der Waals surface area contributed by atoms with E-state index in [0.717, 1.165) is 9.69 Å². The van der Waals surface area contributed by atoms with Crippen molar-refractivity contribution in [1.82, 2.24) is 25.2 Å². The van der Waals surface area contributed by atoms with Crippen LogP contribution in [0.5, 0.6) is 0 Å². The molecule has 9 heteroatoms. The first-order valence-electron chi connectivity index (χ1n) is 6.51. The van der Waals surface area contributed by atoms with E-state index in [1.807, 2.05) is 0 Å². The average molecular weight is 316 g/mol. The summed E-state index contributed by atoms with van der Waals surface area (Å²) in [7, 11) is 0. The Morgan fingerprint density at radius 2 is 2.05 bits per heavy atom. The Balaban J connectivity index is 1.91. The summed E-state index contributed by atoms with van der Waals surface area (Å²) >= 11 is 1.26. The van der Waals surface area contributed by atoms with Crippen molar-refractivity contribution in [2.75, 3.05) is 5.32 Å². The lowest BCUT2D eigenvalue weighted by Gasteiger charge is -2.12. The third-order valence-corrected chi connectivity index (χ3v) is 3.85. The zero-order valence-corrected chi connectivity index (χ0v) is 12.7. The van der Waals surface area contributed by atoms with Crippen LogP contribution in [0.1, 0.15) is 18.0 Å². The summed E-state index contributed by atoms with van der Waals surface area (Å²) in [6.45, 7) is 3.37. The monoisotopic (exact) mass is 316 g/mol. The zero-order valence-electron chi connectivity index (χ0n) is 11.8. The lowest BCUT2D eigenvalue weighted by Crippen LogP contribution is -2.34. The predicted octanol–water partition coefficient (Wildman–Crippen LogP) is 1.15. The minimum atomic E-state index is -0.811. The smallest absolute Gasteiger partial charge is 0.278 e. The fourth-order valence-corrected chi connectivity index (χ4v) is 2.52. The number of benzene rings is 1. The highest BCUT2D eigenvalue weighted by Crippen LogP contribution is 2.15. The summed E-state index contributed by atoms with van der Waals surface area (Å²) < 4.78 is 1.06. The van der Waals surface area contributed by atoms with Gasteiger partial charge in [-0.3, -0.25) is 14.9 Å². The molecule has 1 aromatic carbocycles. The number of rotatable bonds is 3. The van der Waals surface area contributed by atoms with Crippen LogP contribution in [-0.2, 0) is 4.79 Å². The van der Waals surface area contributed by atoms with Crippen LogP contribution in [-0.4, -0.2) is 31.1 Å². The summed E-state index contributed by atoms with van der Waals surface area (Å²) in [5.41, 5.74) is 0.137. The molecule has 0 aliphatic heterocycles. The number of carbonyl (C=O) groups excluding carboxylic acids is 1. The van der Waals surface area contributed by atoms with Crippen LogP contribution < -0.4 is 10.9 Å². The summed E-state index contributed by atoms with van der Waals surface area (Å²) in [5.74, 6) is -0.400. The van der Waals surface area contributed by atoms with Crippen molar-refractivity contribution < 1.29 is 4.79 Å². The van der Waals surface area contributed by atoms with Gasteiger partial charge >= 0.3 is 0 Å². The van der Waals surface area contributed by atoms with Crippen LogP contribution in [0.3, 0.4) is 0 Å². The van der Waals surface area contributed by atoms with Gasteiger partial charge in [-0.05, 0) is 26.0 Å². The number of fused-ring (bicyclic) bond motifs is 1. The van der Waals surface area contributed by atoms with E-state index in [2.05, 4.69) is 25.8 Å². The van der Waals surface area contributed by atoms with Crippen molar-refractivity contribution in [3.05, 3.63) is 39.6 Å². The number of anilines is 1. The molecular formula is C13H12N6O2S. The van der Waals surface area contributed by atoms with Gasteiger partial charge in [0, 0.05) is 0 Å². The summed E-state index contributed by atoms with van der Waals surface area (Å²) in [6, 6.07) is 6.05. The number of hydrogen-bond donors (Lipinski definition) is 1. The molecule has 112 valence electrons. The molecule has 2 heterocycles. The molecule has 22 heavy (non-hydrogen) atoms. The third kappa shape index (κ3) is 2.58. The number of aryl methyl sites for hydroxylation is 1. The lowest BCUT2D eigenvalue weighted by molar-refractivity contribution is -0.119. The molecule has 0 aliphatic rings. The van der Waals surface area contributed by atoms with Gasteiger partial charge in [0.25, 0.3) is 11.5 Å². The molecule has 0 saturated heterocycles. The Morgan fingerprint density at radius 3 is 2.77 bits per heavy atom. The van der Waals surface area contributed by atoms with Crippen molar-refractivity contribution >= 4 is 33.3 Å². The van der Waals surface area contributed by atoms with Crippen LogP contribution in [0, 0.1) is 6.92 Å². The van der Waals surface area contributed by atoms with Gasteiger partial charge in [-0.2, -0.15) is 4.68 Å². The van der Waals surface area contributed by atoms with Gasteiger partial charge in [-0.25, -0.2) is 0 Å². The quantitative estimate of drug-likeness (QED) is 0.777. The molecule has 8 nitrogen and oxygen atoms in total. The Morgan fingerprint density at radius 1 is 1.27 bits per heavy atom. The van der Waals surface area contributed by atoms with Gasteiger partial charge in [0.1, 0.15) is 16.6 Å². The molecule has 0 saturated carbocycles. The van der Waals surface area contributed by atoms with E-state index < -0.39 is 11.9 Å². The molecule has 1 atom stereocenters. The average Bonchev–Trinajstić information content (AvgIpc) is 2.92. The van der Waals surface area contributed by atoms with Gasteiger partial charge in [0.15, 0.2) is 0 Å². The summed E-state index contributed by atoms with van der Waals surface area (Å²) in [5, 5.41) is 19.6. The lowest BCUT2D eigenvalue weighted by atomic mass is 10.2. The number of carbonyl (C=O) groups is 1. The van der Waals surface area contributed by atoms with E-state index in [0.29, 0.717) is 16.0 Å². The van der Waals surface area contributed by atoms with Gasteiger partial charge in [-0.15, -0.1) is 15.3 Å². The second-order valence-corrected chi connectivity index (χ2v) is 5.83. The van der Waals surface area contributed by atoms with Crippen LogP contribution in [0.4, 0.5) is 5.13 Å². The van der Waals surface area contributed by atoms with E-state index in [4.69, 9.17) is 0 Å². The van der Waals surface area contributed by atoms with E-state index in [1.54, 1.807) is 38.1 Å². The van der Waals surface area contributed by atoms with Gasteiger partial charge in [0.2, 0.25) is 5.13 Å². The number of aromatic nitrogens is 5. The molecule has 1 unspecified atom stereocenters. The zero-order chi connectivity index (χ0) is 15.7. The number of nitrogens with one attached hydrogen (secondary N) is 1. The molecular weight excluding hydrogens is 304 g/mol. The second-order valence-electron chi connectivity index (χ2n) is 4.65. The maximum absolute atomic E-state index is 12.4. The Hall–Kier alpha value is -2.68. The highest BCUT2D eigenvalue weighted by atomic mass is 32.1. The molecule has 3 aromatic rings. The topological polar surface area (TPSA) is 103 Å². The maximum atomic E-state index is 12.4. The number of nitrogens with zero attached hydrogens (tertiary/aromatic N) is 5. The number of amides is 1. The van der Waals surface area contributed by atoms with E-state index in [9.17, 15) is 9.59 Å². The largest absolute Gasteiger partial charge is 0.299 e. The minimum absolute atomic E-state index is 0.360. The Bertz CT molecular complexity index is 903. The van der Waals surface area contributed by atoms with Crippen molar-refractivity contribution in [3.8, 4) is 0 Å². The predicted molar refractivity (Wildman–Crippen MR) is 81.8 cm³/mol. The first kappa shape index (κ1) is 14.3. The van der Waals surface area contributed by atoms with Crippen molar-refractivity contribution in [3.63, 3.8) is 0 Å². The molecule has 0 spiro atoms. The molecule has 3 rings (SSSR count). The minimum Gasteiger partial charge on any atom is -0.299 e. The van der Waals surface area contributed by atoms with E-state index in [1.165, 1.54) is 11.3 Å². The Labute approximate surface area is 128 Å². The van der Waals surface area contributed by atoms with Crippen LogP contribution >= 0.6 is 11.3 Å². The molecule has 1 N–H and O–H groups in total. The summed E-state index contributed by atoms with van der Waals surface area (Å²) in [6.07, 6.45) is 0. The van der Waals surface area contributed by atoms with Crippen molar-refractivity contribution in [1.29, 1.82) is 0 Å². The number of hydrogen-bond acceptors (Lipinski definition) is 7. The van der Waals surface area contributed by atoms with Gasteiger partial charge < -0.3 is 0 Å². The normalized spacial score (nSPS) is 12.3. The first-order valence-corrected chi connectivity index (χ1v) is 7.33. The van der Waals surface area contributed by atoms with Crippen LogP contribution in [0.25, 0.3) is 10.9 Å². The van der Waals surface area contributed by atoms with Gasteiger partial charge in [0.05, 0.1) is 5.39 Å². The van der Waals surface area contributed by atoms with Crippen LogP contribution in [0.2, 0.25) is 0 Å². The fourth-order valence-electron chi connectivity index (χ4n) is 1.92. The van der Waals surface area contributed by atoms with Gasteiger partial charge in [-0.1, -0.05) is 28.7 Å². The molecule has 0 radical (unpaired) electrons. The second kappa shape index (κ2) is 5.60. The SMILES string of the molecule is Cc1nnc(NC(=O)C(C)n2nnc3ccccc3c2=O)s1.